The number of carbonyl (C=O) groups is 1. The molecule has 0 aromatic carbocycles. The number of hydrogen-bond donors (Lipinski definition) is 2. The quantitative estimate of drug-likeness (QED) is 0.467. The fourth-order valence-corrected chi connectivity index (χ4v) is 0.269. The molecule has 4 nitrogen and oxygen atoms in total. The highest BCUT2D eigenvalue weighted by Gasteiger charge is 1.94. The van der Waals surface area contributed by atoms with Crippen LogP contribution in [0.1, 0.15) is 6.92 Å². The van der Waals surface area contributed by atoms with E-state index in [0.717, 1.165) is 6.54 Å². The van der Waals surface area contributed by atoms with E-state index >= 15 is 0 Å². The molecule has 0 aliphatic heterocycles. The molecule has 0 rings (SSSR count). The van der Waals surface area contributed by atoms with E-state index in [0.29, 0.717) is 0 Å². The molecule has 0 aromatic heterocycles. The molecule has 0 atom stereocenters. The Hall–Kier alpha value is -0.610. The zero-order valence-electron chi connectivity index (χ0n) is 4.81. The predicted octanol–water partition coefficient (Wildman–Crippen LogP) is -0.987. The van der Waals surface area contributed by atoms with Crippen LogP contribution in [0.25, 0.3) is 0 Å². The summed E-state index contributed by atoms with van der Waals surface area (Å²) >= 11 is 0. The first kappa shape index (κ1) is 7.39. The van der Waals surface area contributed by atoms with Gasteiger partial charge in [-0.3, -0.25) is 0 Å². The summed E-state index contributed by atoms with van der Waals surface area (Å²) in [7, 11) is 0. The van der Waals surface area contributed by atoms with Gasteiger partial charge in [0.15, 0.2) is 0 Å². The van der Waals surface area contributed by atoms with Crippen molar-refractivity contribution in [3.05, 3.63) is 0 Å². The number of carbonyl (C=O) groups excluding carboxylic acids is 1. The zero-order chi connectivity index (χ0) is 6.41. The zero-order valence-corrected chi connectivity index (χ0v) is 4.81. The number of rotatable bonds is 3. The van der Waals surface area contributed by atoms with Crippen molar-refractivity contribution in [3.8, 4) is 0 Å². The summed E-state index contributed by atoms with van der Waals surface area (Å²) in [6.07, 6.45) is 0. The second-order valence-corrected chi connectivity index (χ2v) is 1.27. The average Bonchev–Trinajstić information content (AvgIpc) is 1.83. The van der Waals surface area contributed by atoms with Crippen LogP contribution in [0, 0.1) is 0 Å². The maximum absolute atomic E-state index is 10.2. The van der Waals surface area contributed by atoms with Crippen molar-refractivity contribution in [2.24, 2.45) is 5.90 Å². The van der Waals surface area contributed by atoms with Gasteiger partial charge in [-0.1, -0.05) is 6.92 Å². The second kappa shape index (κ2) is 4.55. The molecule has 0 saturated carbocycles. The van der Waals surface area contributed by atoms with Gasteiger partial charge in [-0.15, -0.1) is 0 Å². The first-order valence-corrected chi connectivity index (χ1v) is 2.41. The minimum Gasteiger partial charge on any atom is -0.372 e. The Morgan fingerprint density at radius 2 is 2.50 bits per heavy atom. The topological polar surface area (TPSA) is 64.3 Å². The lowest BCUT2D eigenvalue weighted by Crippen LogP contribution is -2.26. The summed E-state index contributed by atoms with van der Waals surface area (Å²) in [5, 5.41) is 2.74. The number of likely N-dealkylation sites (N-methyl/N-ethyl adjacent to an activating group) is 1. The van der Waals surface area contributed by atoms with Crippen molar-refractivity contribution in [1.82, 2.24) is 5.32 Å². The van der Waals surface area contributed by atoms with Crippen molar-refractivity contribution in [3.63, 3.8) is 0 Å². The van der Waals surface area contributed by atoms with E-state index in [4.69, 9.17) is 0 Å². The normalized spacial score (nSPS) is 8.75. The van der Waals surface area contributed by atoms with Gasteiger partial charge in [-0.2, -0.15) is 5.90 Å². The molecule has 0 aliphatic rings. The van der Waals surface area contributed by atoms with Gasteiger partial charge in [0.2, 0.25) is 0 Å². The standard InChI is InChI=1S/C4H10N2O2/c1-2-6-3-4(7)8-5/h6H,2-3,5H2,1H3. The molecule has 0 aliphatic carbocycles. The van der Waals surface area contributed by atoms with Crippen molar-refractivity contribution in [1.29, 1.82) is 0 Å². The molecule has 48 valence electrons. The molecule has 0 aromatic rings. The van der Waals surface area contributed by atoms with Gasteiger partial charge in [0.1, 0.15) is 0 Å². The molecule has 0 radical (unpaired) electrons. The van der Waals surface area contributed by atoms with Crippen molar-refractivity contribution in [2.75, 3.05) is 13.1 Å². The average molecular weight is 118 g/mol. The van der Waals surface area contributed by atoms with Crippen LogP contribution >= 0.6 is 0 Å². The highest BCUT2D eigenvalue weighted by Crippen LogP contribution is 1.63. The first-order chi connectivity index (χ1) is 3.81. The van der Waals surface area contributed by atoms with Crippen LogP contribution in [-0.2, 0) is 9.63 Å². The number of nitrogens with one attached hydrogen (secondary N) is 1. The van der Waals surface area contributed by atoms with Gasteiger partial charge in [0, 0.05) is 0 Å². The monoisotopic (exact) mass is 118 g/mol. The molecule has 0 amide bonds. The van der Waals surface area contributed by atoms with E-state index in [1.165, 1.54) is 0 Å². The molecule has 4 heteroatoms. The third-order valence-corrected chi connectivity index (χ3v) is 0.651. The fourth-order valence-electron chi connectivity index (χ4n) is 0.269. The van der Waals surface area contributed by atoms with Gasteiger partial charge in [-0.25, -0.2) is 4.79 Å². The molecule has 0 saturated heterocycles. The third kappa shape index (κ3) is 3.58. The lowest BCUT2D eigenvalue weighted by Gasteiger charge is -1.95. The second-order valence-electron chi connectivity index (χ2n) is 1.27. The van der Waals surface area contributed by atoms with E-state index in [1.807, 2.05) is 6.92 Å². The molecule has 0 spiro atoms. The third-order valence-electron chi connectivity index (χ3n) is 0.651. The lowest BCUT2D eigenvalue weighted by atomic mass is 10.6. The highest BCUT2D eigenvalue weighted by atomic mass is 16.7. The van der Waals surface area contributed by atoms with Crippen LogP contribution in [0.2, 0.25) is 0 Å². The minimum absolute atomic E-state index is 0.188. The summed E-state index contributed by atoms with van der Waals surface area (Å²) in [4.78, 5) is 14.0. The van der Waals surface area contributed by atoms with Crippen LogP contribution in [0.3, 0.4) is 0 Å². The Kier molecular flexibility index (Phi) is 4.20. The summed E-state index contributed by atoms with van der Waals surface area (Å²) in [5.74, 6) is 4.09. The Bertz CT molecular complexity index is 74.4. The summed E-state index contributed by atoms with van der Waals surface area (Å²) in [5.41, 5.74) is 0. The van der Waals surface area contributed by atoms with Gasteiger partial charge in [-0.05, 0) is 6.54 Å². The van der Waals surface area contributed by atoms with Crippen molar-refractivity contribution >= 4 is 5.97 Å². The number of hydrogen-bond acceptors (Lipinski definition) is 4. The molecule has 0 unspecified atom stereocenters. The van der Waals surface area contributed by atoms with E-state index < -0.39 is 5.97 Å². The van der Waals surface area contributed by atoms with E-state index in [9.17, 15) is 4.79 Å². The predicted molar refractivity (Wildman–Crippen MR) is 28.8 cm³/mol. The van der Waals surface area contributed by atoms with Gasteiger partial charge in [0.05, 0.1) is 6.54 Å². The number of nitrogens with two attached hydrogens (primary N) is 1. The highest BCUT2D eigenvalue weighted by molar-refractivity contribution is 5.71. The summed E-state index contributed by atoms with van der Waals surface area (Å²) in [6, 6.07) is 0. The molecule has 0 fully saturated rings. The molecule has 8 heavy (non-hydrogen) atoms. The molecule has 0 heterocycles. The van der Waals surface area contributed by atoms with Gasteiger partial charge in [0.25, 0.3) is 0 Å². The van der Waals surface area contributed by atoms with Crippen LogP contribution in [-0.4, -0.2) is 19.1 Å². The van der Waals surface area contributed by atoms with Crippen LogP contribution in [0.5, 0.6) is 0 Å². The Labute approximate surface area is 48.0 Å². The SMILES string of the molecule is CCNCC(=O)ON. The van der Waals surface area contributed by atoms with Crippen molar-refractivity contribution < 1.29 is 9.63 Å². The lowest BCUT2D eigenvalue weighted by molar-refractivity contribution is -0.143. The maximum Gasteiger partial charge on any atom is 0.338 e. The molecular weight excluding hydrogens is 108 g/mol. The van der Waals surface area contributed by atoms with Gasteiger partial charge < -0.3 is 10.2 Å². The maximum atomic E-state index is 10.2. The van der Waals surface area contributed by atoms with Crippen LogP contribution in [0.15, 0.2) is 0 Å². The van der Waals surface area contributed by atoms with Crippen LogP contribution < -0.4 is 11.2 Å². The molecule has 0 bridgehead atoms. The fraction of sp³-hybridized carbons (Fsp3) is 0.750. The molecule has 3 N–H and O–H groups in total. The van der Waals surface area contributed by atoms with E-state index in [2.05, 4.69) is 16.1 Å². The Balaban J connectivity index is 2.99. The molecular formula is C4H10N2O2. The van der Waals surface area contributed by atoms with Crippen LogP contribution in [0.4, 0.5) is 0 Å². The smallest absolute Gasteiger partial charge is 0.338 e. The Morgan fingerprint density at radius 1 is 1.88 bits per heavy atom. The first-order valence-electron chi connectivity index (χ1n) is 2.41. The largest absolute Gasteiger partial charge is 0.372 e. The van der Waals surface area contributed by atoms with E-state index in [1.54, 1.807) is 0 Å². The minimum atomic E-state index is -0.438. The van der Waals surface area contributed by atoms with Crippen molar-refractivity contribution in [2.45, 2.75) is 6.92 Å². The Morgan fingerprint density at radius 3 is 2.88 bits per heavy atom. The van der Waals surface area contributed by atoms with E-state index in [-0.39, 0.29) is 6.54 Å². The summed E-state index contributed by atoms with van der Waals surface area (Å²) < 4.78 is 0. The van der Waals surface area contributed by atoms with Gasteiger partial charge >= 0.3 is 5.97 Å². The summed E-state index contributed by atoms with van der Waals surface area (Å²) in [6.45, 7) is 2.83.